The van der Waals surface area contributed by atoms with Gasteiger partial charge in [-0.1, -0.05) is 19.1 Å². The molecule has 7 nitrogen and oxygen atoms in total. The van der Waals surface area contributed by atoms with Crippen molar-refractivity contribution in [3.63, 3.8) is 0 Å². The SMILES string of the molecule is CCCN(CC(=O)NCC(=O)Nc1ccccc1Br)C1CCS(=O)(=O)C1. The van der Waals surface area contributed by atoms with Crippen LogP contribution in [0.2, 0.25) is 0 Å². The lowest BCUT2D eigenvalue weighted by molar-refractivity contribution is -0.125. The number of halogens is 1. The first-order valence-corrected chi connectivity index (χ1v) is 11.2. The molecule has 0 spiro atoms. The molecule has 1 aromatic rings. The topological polar surface area (TPSA) is 95.6 Å². The van der Waals surface area contributed by atoms with Crippen LogP contribution in [-0.2, 0) is 19.4 Å². The van der Waals surface area contributed by atoms with E-state index in [4.69, 9.17) is 0 Å². The highest BCUT2D eigenvalue weighted by molar-refractivity contribution is 9.10. The van der Waals surface area contributed by atoms with Gasteiger partial charge in [0.15, 0.2) is 9.84 Å². The van der Waals surface area contributed by atoms with Crippen LogP contribution < -0.4 is 10.6 Å². The van der Waals surface area contributed by atoms with Crippen molar-refractivity contribution in [2.75, 3.05) is 36.5 Å². The zero-order chi connectivity index (χ0) is 19.2. The standard InChI is InChI=1S/C17H24BrN3O4S/c1-2-8-21(13-7-9-26(24,25)12-13)11-17(23)19-10-16(22)20-15-6-4-3-5-14(15)18/h3-6,13H,2,7-12H2,1H3,(H,19,23)(H,20,22). The molecule has 1 atom stereocenters. The summed E-state index contributed by atoms with van der Waals surface area (Å²) in [5.41, 5.74) is 0.635. The third kappa shape index (κ3) is 6.37. The molecule has 1 aromatic carbocycles. The molecule has 1 fully saturated rings. The average Bonchev–Trinajstić information content (AvgIpc) is 2.95. The Morgan fingerprint density at radius 3 is 2.62 bits per heavy atom. The van der Waals surface area contributed by atoms with Gasteiger partial charge in [0.1, 0.15) is 0 Å². The van der Waals surface area contributed by atoms with Crippen molar-refractivity contribution in [3.8, 4) is 0 Å². The number of rotatable bonds is 8. The van der Waals surface area contributed by atoms with Gasteiger partial charge in [0, 0.05) is 10.5 Å². The normalized spacial score (nSPS) is 18.7. The van der Waals surface area contributed by atoms with Gasteiger partial charge in [-0.05, 0) is 47.4 Å². The maximum absolute atomic E-state index is 12.2. The summed E-state index contributed by atoms with van der Waals surface area (Å²) in [4.78, 5) is 26.1. The molecule has 1 aliphatic heterocycles. The van der Waals surface area contributed by atoms with Crippen molar-refractivity contribution < 1.29 is 18.0 Å². The molecule has 9 heteroatoms. The minimum absolute atomic E-state index is 0.0936. The summed E-state index contributed by atoms with van der Waals surface area (Å²) in [6, 6.07) is 7.09. The van der Waals surface area contributed by atoms with Crippen LogP contribution in [0.25, 0.3) is 0 Å². The Morgan fingerprint density at radius 2 is 2.00 bits per heavy atom. The first kappa shape index (κ1) is 20.9. The lowest BCUT2D eigenvalue weighted by Gasteiger charge is -2.26. The fraction of sp³-hybridized carbons (Fsp3) is 0.529. The number of benzene rings is 1. The molecule has 2 rings (SSSR count). The van der Waals surface area contributed by atoms with Gasteiger partial charge >= 0.3 is 0 Å². The zero-order valence-corrected chi connectivity index (χ0v) is 17.1. The second-order valence-electron chi connectivity index (χ2n) is 6.33. The smallest absolute Gasteiger partial charge is 0.243 e. The molecule has 144 valence electrons. The van der Waals surface area contributed by atoms with Gasteiger partial charge in [-0.25, -0.2) is 8.42 Å². The van der Waals surface area contributed by atoms with Gasteiger partial charge in [-0.15, -0.1) is 0 Å². The number of nitrogens with zero attached hydrogens (tertiary/aromatic N) is 1. The molecule has 26 heavy (non-hydrogen) atoms. The maximum Gasteiger partial charge on any atom is 0.243 e. The van der Waals surface area contributed by atoms with Gasteiger partial charge in [0.2, 0.25) is 11.8 Å². The predicted molar refractivity (Wildman–Crippen MR) is 105 cm³/mol. The Morgan fingerprint density at radius 1 is 1.27 bits per heavy atom. The van der Waals surface area contributed by atoms with Crippen molar-refractivity contribution >= 4 is 43.3 Å². The summed E-state index contributed by atoms with van der Waals surface area (Å²) in [6.45, 7) is 2.59. The Balaban J connectivity index is 1.82. The van der Waals surface area contributed by atoms with E-state index in [1.807, 2.05) is 24.0 Å². The largest absolute Gasteiger partial charge is 0.346 e. The van der Waals surface area contributed by atoms with E-state index >= 15 is 0 Å². The molecule has 0 radical (unpaired) electrons. The molecule has 0 bridgehead atoms. The number of anilines is 1. The van der Waals surface area contributed by atoms with E-state index in [9.17, 15) is 18.0 Å². The molecule has 1 unspecified atom stereocenters. The summed E-state index contributed by atoms with van der Waals surface area (Å²) >= 11 is 3.34. The van der Waals surface area contributed by atoms with E-state index in [0.717, 1.165) is 10.9 Å². The van der Waals surface area contributed by atoms with E-state index in [2.05, 4.69) is 26.6 Å². The van der Waals surface area contributed by atoms with Crippen LogP contribution in [-0.4, -0.2) is 62.3 Å². The highest BCUT2D eigenvalue weighted by atomic mass is 79.9. The Labute approximate surface area is 162 Å². The maximum atomic E-state index is 12.2. The van der Waals surface area contributed by atoms with E-state index in [-0.39, 0.29) is 42.5 Å². The fourth-order valence-corrected chi connectivity index (χ4v) is 5.06. The summed E-state index contributed by atoms with van der Waals surface area (Å²) < 4.78 is 24.1. The van der Waals surface area contributed by atoms with Crippen LogP contribution in [0.4, 0.5) is 5.69 Å². The molecule has 0 aromatic heterocycles. The number of para-hydroxylation sites is 1. The Kier molecular flexibility index (Phi) is 7.60. The first-order chi connectivity index (χ1) is 12.3. The lowest BCUT2D eigenvalue weighted by atomic mass is 10.2. The summed E-state index contributed by atoms with van der Waals surface area (Å²) in [5, 5.41) is 5.31. The summed E-state index contributed by atoms with van der Waals surface area (Å²) in [7, 11) is -3.00. The van der Waals surface area contributed by atoms with Gasteiger partial charge < -0.3 is 10.6 Å². The van der Waals surface area contributed by atoms with Crippen LogP contribution in [0, 0.1) is 0 Å². The van der Waals surface area contributed by atoms with Crippen LogP contribution in [0.3, 0.4) is 0 Å². The highest BCUT2D eigenvalue weighted by Gasteiger charge is 2.32. The number of carbonyl (C=O) groups is 2. The molecule has 0 aliphatic carbocycles. The molecule has 1 saturated heterocycles. The van der Waals surface area contributed by atoms with Crippen LogP contribution in [0.5, 0.6) is 0 Å². The van der Waals surface area contributed by atoms with E-state index in [1.54, 1.807) is 12.1 Å². The molecule has 2 N–H and O–H groups in total. The zero-order valence-electron chi connectivity index (χ0n) is 14.7. The van der Waals surface area contributed by atoms with Crippen LogP contribution >= 0.6 is 15.9 Å². The summed E-state index contributed by atoms with van der Waals surface area (Å²) in [6.07, 6.45) is 1.38. The summed E-state index contributed by atoms with van der Waals surface area (Å²) in [5.74, 6) is -0.336. The van der Waals surface area contributed by atoms with Crippen molar-refractivity contribution in [2.24, 2.45) is 0 Å². The second kappa shape index (κ2) is 9.48. The van der Waals surface area contributed by atoms with E-state index in [1.165, 1.54) is 0 Å². The number of nitrogens with one attached hydrogen (secondary N) is 2. The molecule has 0 saturated carbocycles. The number of hydrogen-bond donors (Lipinski definition) is 2. The first-order valence-electron chi connectivity index (χ1n) is 8.56. The Hall–Kier alpha value is -1.45. The van der Waals surface area contributed by atoms with Gasteiger partial charge in [0.05, 0.1) is 30.3 Å². The average molecular weight is 446 g/mol. The van der Waals surface area contributed by atoms with E-state index in [0.29, 0.717) is 18.7 Å². The quantitative estimate of drug-likeness (QED) is 0.630. The van der Waals surface area contributed by atoms with Crippen molar-refractivity contribution in [1.29, 1.82) is 0 Å². The minimum atomic E-state index is -3.00. The third-order valence-electron chi connectivity index (χ3n) is 4.18. The van der Waals surface area contributed by atoms with Crippen LogP contribution in [0.15, 0.2) is 28.7 Å². The Bertz CT molecular complexity index is 754. The monoisotopic (exact) mass is 445 g/mol. The molecular formula is C17H24BrN3O4S. The molecular weight excluding hydrogens is 422 g/mol. The predicted octanol–water partition coefficient (Wildman–Crippen LogP) is 1.40. The fourth-order valence-electron chi connectivity index (χ4n) is 2.92. The minimum Gasteiger partial charge on any atom is -0.346 e. The number of hydrogen-bond acceptors (Lipinski definition) is 5. The van der Waals surface area contributed by atoms with Gasteiger partial charge in [0.25, 0.3) is 0 Å². The van der Waals surface area contributed by atoms with Gasteiger partial charge in [-0.3, -0.25) is 14.5 Å². The van der Waals surface area contributed by atoms with Crippen LogP contribution in [0.1, 0.15) is 19.8 Å². The molecule has 1 heterocycles. The highest BCUT2D eigenvalue weighted by Crippen LogP contribution is 2.21. The lowest BCUT2D eigenvalue weighted by Crippen LogP contribution is -2.45. The molecule has 1 aliphatic rings. The third-order valence-corrected chi connectivity index (χ3v) is 6.62. The number of sulfone groups is 1. The van der Waals surface area contributed by atoms with Gasteiger partial charge in [-0.2, -0.15) is 0 Å². The van der Waals surface area contributed by atoms with E-state index < -0.39 is 9.84 Å². The molecule has 2 amide bonds. The van der Waals surface area contributed by atoms with Crippen molar-refractivity contribution in [1.82, 2.24) is 10.2 Å². The number of amides is 2. The van der Waals surface area contributed by atoms with Crippen molar-refractivity contribution in [3.05, 3.63) is 28.7 Å². The van der Waals surface area contributed by atoms with Crippen molar-refractivity contribution in [2.45, 2.75) is 25.8 Å². The number of carbonyl (C=O) groups excluding carboxylic acids is 2. The second-order valence-corrected chi connectivity index (χ2v) is 9.42.